The molecule has 6 nitrogen and oxygen atoms in total. The zero-order valence-corrected chi connectivity index (χ0v) is 18.7. The summed E-state index contributed by atoms with van der Waals surface area (Å²) in [5.41, 5.74) is 4.47. The van der Waals surface area contributed by atoms with E-state index in [0.717, 1.165) is 22.4 Å². The molecular formula is C23H28N2O4S. The van der Waals surface area contributed by atoms with Gasteiger partial charge in [-0.3, -0.25) is 9.59 Å². The number of amides is 2. The van der Waals surface area contributed by atoms with Gasteiger partial charge in [0.2, 0.25) is 11.8 Å². The van der Waals surface area contributed by atoms with Gasteiger partial charge in [-0.1, -0.05) is 13.0 Å². The van der Waals surface area contributed by atoms with Crippen LogP contribution in [0.5, 0.6) is 0 Å². The molecule has 0 fully saturated rings. The van der Waals surface area contributed by atoms with E-state index in [9.17, 15) is 18.0 Å². The molecule has 2 aromatic rings. The zero-order chi connectivity index (χ0) is 22.1. The highest BCUT2D eigenvalue weighted by atomic mass is 32.2. The first-order chi connectivity index (χ1) is 14.1. The Morgan fingerprint density at radius 1 is 1.10 bits per heavy atom. The van der Waals surface area contributed by atoms with Gasteiger partial charge < -0.3 is 10.2 Å². The van der Waals surface area contributed by atoms with Crippen molar-refractivity contribution in [3.05, 3.63) is 53.1 Å². The van der Waals surface area contributed by atoms with Gasteiger partial charge in [0.05, 0.1) is 10.6 Å². The van der Waals surface area contributed by atoms with E-state index < -0.39 is 9.84 Å². The van der Waals surface area contributed by atoms with Crippen LogP contribution in [0.25, 0.3) is 0 Å². The first-order valence-corrected chi connectivity index (χ1v) is 11.8. The third-order valence-corrected chi connectivity index (χ3v) is 7.30. The first kappa shape index (κ1) is 22.0. The summed E-state index contributed by atoms with van der Waals surface area (Å²) in [5, 5.41) is 2.76. The molecule has 0 saturated carbocycles. The molecule has 2 aromatic carbocycles. The normalized spacial score (nSPS) is 15.7. The van der Waals surface area contributed by atoms with E-state index in [1.807, 2.05) is 39.8 Å². The molecule has 3 rings (SSSR count). The number of carbonyl (C=O) groups excluding carboxylic acids is 2. The zero-order valence-electron chi connectivity index (χ0n) is 17.9. The third-order valence-electron chi connectivity index (χ3n) is 5.59. The Hall–Kier alpha value is -2.67. The highest BCUT2D eigenvalue weighted by Crippen LogP contribution is 2.34. The maximum absolute atomic E-state index is 12.8. The highest BCUT2D eigenvalue weighted by Gasteiger charge is 2.31. The van der Waals surface area contributed by atoms with Crippen LogP contribution >= 0.6 is 0 Å². The number of nitrogens with one attached hydrogen (secondary N) is 1. The molecule has 1 aliphatic rings. The van der Waals surface area contributed by atoms with Crippen molar-refractivity contribution in [2.24, 2.45) is 0 Å². The van der Waals surface area contributed by atoms with Crippen molar-refractivity contribution in [2.75, 3.05) is 16.0 Å². The summed E-state index contributed by atoms with van der Waals surface area (Å²) in [6.45, 7) is 7.72. The monoisotopic (exact) mass is 428 g/mol. The van der Waals surface area contributed by atoms with Crippen LogP contribution < -0.4 is 10.2 Å². The van der Waals surface area contributed by atoms with E-state index in [4.69, 9.17) is 0 Å². The molecule has 160 valence electrons. The van der Waals surface area contributed by atoms with Gasteiger partial charge in [-0.2, -0.15) is 0 Å². The molecule has 0 aliphatic carbocycles. The summed E-state index contributed by atoms with van der Waals surface area (Å²) in [4.78, 5) is 26.4. The number of fused-ring (bicyclic) bond motifs is 1. The summed E-state index contributed by atoms with van der Waals surface area (Å²) in [7, 11) is -3.61. The van der Waals surface area contributed by atoms with Crippen molar-refractivity contribution in [3.8, 4) is 0 Å². The molecule has 2 amide bonds. The van der Waals surface area contributed by atoms with Crippen molar-refractivity contribution in [3.63, 3.8) is 0 Å². The lowest BCUT2D eigenvalue weighted by Crippen LogP contribution is -2.35. The minimum absolute atomic E-state index is 0.00847. The second kappa shape index (κ2) is 8.60. The molecule has 30 heavy (non-hydrogen) atoms. The predicted octanol–water partition coefficient (Wildman–Crippen LogP) is 3.79. The predicted molar refractivity (Wildman–Crippen MR) is 119 cm³/mol. The van der Waals surface area contributed by atoms with Gasteiger partial charge in [0, 0.05) is 30.3 Å². The van der Waals surface area contributed by atoms with Crippen LogP contribution in [-0.2, 0) is 25.8 Å². The fourth-order valence-electron chi connectivity index (χ4n) is 3.74. The minimum atomic E-state index is -3.61. The Balaban J connectivity index is 1.69. The Morgan fingerprint density at radius 3 is 2.50 bits per heavy atom. The number of aryl methyl sites for hydroxylation is 2. The van der Waals surface area contributed by atoms with E-state index in [2.05, 4.69) is 5.32 Å². The molecule has 0 spiro atoms. The molecule has 0 radical (unpaired) electrons. The molecule has 0 saturated heterocycles. The second-order valence-electron chi connectivity index (χ2n) is 7.88. The number of nitrogens with zero attached hydrogens (tertiary/aromatic N) is 1. The molecule has 1 heterocycles. The maximum atomic E-state index is 12.8. The van der Waals surface area contributed by atoms with Crippen molar-refractivity contribution in [1.29, 1.82) is 0 Å². The number of hydrogen-bond acceptors (Lipinski definition) is 4. The molecule has 1 aliphatic heterocycles. The average Bonchev–Trinajstić information content (AvgIpc) is 3.03. The first-order valence-electron chi connectivity index (χ1n) is 10.2. The minimum Gasteiger partial charge on any atom is -0.326 e. The van der Waals surface area contributed by atoms with Crippen molar-refractivity contribution in [1.82, 2.24) is 0 Å². The number of hydrogen-bond donors (Lipinski definition) is 1. The topological polar surface area (TPSA) is 83.6 Å². The fraction of sp³-hybridized carbons (Fsp3) is 0.391. The van der Waals surface area contributed by atoms with Gasteiger partial charge in [-0.25, -0.2) is 8.42 Å². The summed E-state index contributed by atoms with van der Waals surface area (Å²) >= 11 is 0. The van der Waals surface area contributed by atoms with Crippen molar-refractivity contribution >= 4 is 33.0 Å². The van der Waals surface area contributed by atoms with Crippen LogP contribution in [-0.4, -0.2) is 32.0 Å². The van der Waals surface area contributed by atoms with E-state index in [0.29, 0.717) is 18.5 Å². The number of anilines is 2. The maximum Gasteiger partial charge on any atom is 0.226 e. The van der Waals surface area contributed by atoms with Crippen LogP contribution in [0.3, 0.4) is 0 Å². The van der Waals surface area contributed by atoms with Gasteiger partial charge in [0.25, 0.3) is 0 Å². The highest BCUT2D eigenvalue weighted by molar-refractivity contribution is 7.91. The van der Waals surface area contributed by atoms with Crippen LogP contribution in [0, 0.1) is 13.8 Å². The Morgan fingerprint density at radius 2 is 1.83 bits per heavy atom. The Bertz CT molecular complexity index is 1090. The average molecular weight is 429 g/mol. The summed E-state index contributed by atoms with van der Waals surface area (Å²) in [5.74, 6) is -0.577. The number of rotatable bonds is 6. The number of sulfone groups is 1. The van der Waals surface area contributed by atoms with Gasteiger partial charge in [0.15, 0.2) is 9.84 Å². The lowest BCUT2D eigenvalue weighted by molar-refractivity contribution is -0.118. The van der Waals surface area contributed by atoms with Crippen molar-refractivity contribution < 1.29 is 18.0 Å². The lowest BCUT2D eigenvalue weighted by atomic mass is 10.1. The van der Waals surface area contributed by atoms with E-state index in [-0.39, 0.29) is 34.9 Å². The molecule has 0 bridgehead atoms. The smallest absolute Gasteiger partial charge is 0.226 e. The Kier molecular flexibility index (Phi) is 6.31. The van der Waals surface area contributed by atoms with Crippen molar-refractivity contribution in [2.45, 2.75) is 57.9 Å². The summed E-state index contributed by atoms with van der Waals surface area (Å²) in [6, 6.07) is 10.5. The van der Waals surface area contributed by atoms with Crippen LogP contribution in [0.2, 0.25) is 0 Å². The van der Waals surface area contributed by atoms with Gasteiger partial charge >= 0.3 is 0 Å². The molecule has 0 aromatic heterocycles. The SMILES string of the molecule is CCC(=O)N1c2ccc(S(=O)(=O)CCC(=O)Nc3ccc(C)c(C)c3)cc2C[C@H]1C. The molecule has 1 N–H and O–H groups in total. The third kappa shape index (κ3) is 4.56. The quantitative estimate of drug-likeness (QED) is 0.759. The van der Waals surface area contributed by atoms with E-state index >= 15 is 0 Å². The van der Waals surface area contributed by atoms with Gasteiger partial charge in [0.1, 0.15) is 0 Å². The second-order valence-corrected chi connectivity index (χ2v) is 9.99. The molecule has 7 heteroatoms. The Labute approximate surface area is 178 Å². The summed E-state index contributed by atoms with van der Waals surface area (Å²) < 4.78 is 25.6. The van der Waals surface area contributed by atoms with Crippen LogP contribution in [0.1, 0.15) is 43.4 Å². The lowest BCUT2D eigenvalue weighted by Gasteiger charge is -2.22. The van der Waals surface area contributed by atoms with E-state index in [1.165, 1.54) is 6.07 Å². The number of carbonyl (C=O) groups is 2. The summed E-state index contributed by atoms with van der Waals surface area (Å²) in [6.07, 6.45) is 0.903. The van der Waals surface area contributed by atoms with E-state index in [1.54, 1.807) is 23.1 Å². The van der Waals surface area contributed by atoms with Gasteiger partial charge in [-0.05, 0) is 74.2 Å². The van der Waals surface area contributed by atoms with Gasteiger partial charge in [-0.15, -0.1) is 0 Å². The number of benzene rings is 2. The standard InChI is InChI=1S/C23H28N2O4S/c1-5-23(27)25-17(4)13-18-14-20(8-9-21(18)25)30(28,29)11-10-22(26)24-19-7-6-15(2)16(3)12-19/h6-9,12,14,17H,5,10-11,13H2,1-4H3,(H,24,26)/t17-/m1/s1. The molecule has 1 atom stereocenters. The largest absolute Gasteiger partial charge is 0.326 e. The van der Waals surface area contributed by atoms with Crippen LogP contribution in [0.4, 0.5) is 11.4 Å². The molecular weight excluding hydrogens is 400 g/mol. The molecule has 0 unspecified atom stereocenters. The van der Waals surface area contributed by atoms with Crippen LogP contribution in [0.15, 0.2) is 41.3 Å². The fourth-order valence-corrected chi connectivity index (χ4v) is 5.03.